The standard InChI is InChI=1S/C23H29ClN2O4/c1-4-25-23(28)17(2)26(16-18-7-9-19(24)10-8-18)22(27)6-5-15-30-21-13-11-20(29-3)12-14-21/h7-14,17H,4-6,15-16H2,1-3H3,(H,25,28)/t17-/m0/s1. The van der Waals surface area contributed by atoms with E-state index in [9.17, 15) is 9.59 Å². The van der Waals surface area contributed by atoms with Crippen molar-refractivity contribution < 1.29 is 19.1 Å². The van der Waals surface area contributed by atoms with Gasteiger partial charge >= 0.3 is 0 Å². The summed E-state index contributed by atoms with van der Waals surface area (Å²) in [6.07, 6.45) is 0.831. The number of amides is 2. The SMILES string of the molecule is CCNC(=O)[C@H](C)N(Cc1ccc(Cl)cc1)C(=O)CCCOc1ccc(OC)cc1. The molecule has 0 aliphatic carbocycles. The van der Waals surface area contributed by atoms with Crippen molar-refractivity contribution in [3.8, 4) is 11.5 Å². The van der Waals surface area contributed by atoms with Crippen LogP contribution in [0, 0.1) is 0 Å². The fourth-order valence-electron chi connectivity index (χ4n) is 2.92. The molecule has 0 aliphatic rings. The van der Waals surface area contributed by atoms with Gasteiger partial charge in [-0.05, 0) is 62.2 Å². The number of carbonyl (C=O) groups is 2. The Bertz CT molecular complexity index is 809. The lowest BCUT2D eigenvalue weighted by Gasteiger charge is -2.28. The fourth-order valence-corrected chi connectivity index (χ4v) is 3.05. The van der Waals surface area contributed by atoms with E-state index in [-0.39, 0.29) is 18.2 Å². The van der Waals surface area contributed by atoms with Gasteiger partial charge in [-0.1, -0.05) is 23.7 Å². The molecular formula is C23H29ClN2O4. The lowest BCUT2D eigenvalue weighted by atomic mass is 10.1. The van der Waals surface area contributed by atoms with Crippen molar-refractivity contribution in [2.24, 2.45) is 0 Å². The zero-order chi connectivity index (χ0) is 21.9. The Hall–Kier alpha value is -2.73. The van der Waals surface area contributed by atoms with E-state index in [1.165, 1.54) is 0 Å². The zero-order valence-corrected chi connectivity index (χ0v) is 18.4. The van der Waals surface area contributed by atoms with Crippen LogP contribution in [0.3, 0.4) is 0 Å². The number of nitrogens with one attached hydrogen (secondary N) is 1. The maximum atomic E-state index is 12.9. The van der Waals surface area contributed by atoms with Gasteiger partial charge < -0.3 is 19.7 Å². The summed E-state index contributed by atoms with van der Waals surface area (Å²) in [7, 11) is 1.61. The van der Waals surface area contributed by atoms with Crippen molar-refractivity contribution in [2.75, 3.05) is 20.3 Å². The first-order valence-electron chi connectivity index (χ1n) is 10.0. The summed E-state index contributed by atoms with van der Waals surface area (Å²) in [5, 5.41) is 3.41. The molecule has 2 aromatic carbocycles. The van der Waals surface area contributed by atoms with Crippen molar-refractivity contribution in [3.63, 3.8) is 0 Å². The van der Waals surface area contributed by atoms with Crippen LogP contribution in [-0.2, 0) is 16.1 Å². The summed E-state index contributed by atoms with van der Waals surface area (Å²) in [4.78, 5) is 26.8. The topological polar surface area (TPSA) is 67.9 Å². The highest BCUT2D eigenvalue weighted by molar-refractivity contribution is 6.30. The average molecular weight is 433 g/mol. The van der Waals surface area contributed by atoms with E-state index in [0.29, 0.717) is 31.1 Å². The Kier molecular flexibility index (Phi) is 9.48. The van der Waals surface area contributed by atoms with Gasteiger partial charge in [0.1, 0.15) is 17.5 Å². The average Bonchev–Trinajstić information content (AvgIpc) is 2.76. The summed E-state index contributed by atoms with van der Waals surface area (Å²) in [5.41, 5.74) is 0.915. The second-order valence-electron chi connectivity index (χ2n) is 6.85. The molecule has 0 saturated heterocycles. The van der Waals surface area contributed by atoms with Crippen molar-refractivity contribution in [2.45, 2.75) is 39.3 Å². The van der Waals surface area contributed by atoms with Crippen LogP contribution in [0.15, 0.2) is 48.5 Å². The van der Waals surface area contributed by atoms with Crippen LogP contribution in [0.4, 0.5) is 0 Å². The molecule has 0 spiro atoms. The van der Waals surface area contributed by atoms with Gasteiger partial charge in [-0.3, -0.25) is 9.59 Å². The minimum absolute atomic E-state index is 0.0953. The molecule has 2 rings (SSSR count). The van der Waals surface area contributed by atoms with Crippen molar-refractivity contribution >= 4 is 23.4 Å². The quantitative estimate of drug-likeness (QED) is 0.544. The van der Waals surface area contributed by atoms with Crippen LogP contribution in [0.5, 0.6) is 11.5 Å². The molecular weight excluding hydrogens is 404 g/mol. The Morgan fingerprint density at radius 2 is 1.70 bits per heavy atom. The molecule has 162 valence electrons. The summed E-state index contributed by atoms with van der Waals surface area (Å²) < 4.78 is 10.8. The first-order chi connectivity index (χ1) is 14.4. The number of hydrogen-bond donors (Lipinski definition) is 1. The summed E-state index contributed by atoms with van der Waals surface area (Å²) in [6.45, 7) is 4.86. The molecule has 30 heavy (non-hydrogen) atoms. The molecule has 0 saturated carbocycles. The predicted octanol–water partition coefficient (Wildman–Crippen LogP) is 4.06. The largest absolute Gasteiger partial charge is 0.497 e. The third kappa shape index (κ3) is 7.26. The monoisotopic (exact) mass is 432 g/mol. The van der Waals surface area contributed by atoms with Gasteiger partial charge in [0.2, 0.25) is 11.8 Å². The predicted molar refractivity (Wildman–Crippen MR) is 118 cm³/mol. The summed E-state index contributed by atoms with van der Waals surface area (Å²) in [5.74, 6) is 1.21. The van der Waals surface area contributed by atoms with Gasteiger partial charge in [0.05, 0.1) is 13.7 Å². The molecule has 0 fully saturated rings. The Labute approximate surface area is 183 Å². The van der Waals surface area contributed by atoms with Gasteiger partial charge in [0, 0.05) is 24.5 Å². The number of rotatable bonds is 11. The number of methoxy groups -OCH3 is 1. The molecule has 1 N–H and O–H groups in total. The Morgan fingerprint density at radius 1 is 1.07 bits per heavy atom. The lowest BCUT2D eigenvalue weighted by Crippen LogP contribution is -2.47. The number of carbonyl (C=O) groups excluding carboxylic acids is 2. The van der Waals surface area contributed by atoms with Crippen LogP contribution >= 0.6 is 11.6 Å². The molecule has 7 heteroatoms. The second kappa shape index (κ2) is 12.1. The highest BCUT2D eigenvalue weighted by Crippen LogP contribution is 2.18. The van der Waals surface area contributed by atoms with Crippen LogP contribution in [0.2, 0.25) is 5.02 Å². The van der Waals surface area contributed by atoms with E-state index in [2.05, 4.69) is 5.32 Å². The number of nitrogens with zero attached hydrogens (tertiary/aromatic N) is 1. The molecule has 0 heterocycles. The molecule has 0 bridgehead atoms. The summed E-state index contributed by atoms with van der Waals surface area (Å²) >= 11 is 5.95. The smallest absolute Gasteiger partial charge is 0.242 e. The number of benzene rings is 2. The van der Waals surface area contributed by atoms with Gasteiger partial charge in [-0.15, -0.1) is 0 Å². The lowest BCUT2D eigenvalue weighted by molar-refractivity contribution is -0.140. The van der Waals surface area contributed by atoms with Crippen LogP contribution in [0.1, 0.15) is 32.3 Å². The first-order valence-corrected chi connectivity index (χ1v) is 10.4. The van der Waals surface area contributed by atoms with Gasteiger partial charge in [-0.25, -0.2) is 0 Å². The molecule has 2 amide bonds. The van der Waals surface area contributed by atoms with Crippen LogP contribution < -0.4 is 14.8 Å². The van der Waals surface area contributed by atoms with E-state index in [1.54, 1.807) is 31.1 Å². The van der Waals surface area contributed by atoms with Crippen molar-refractivity contribution in [1.29, 1.82) is 0 Å². The third-order valence-corrected chi connectivity index (χ3v) is 4.90. The number of hydrogen-bond acceptors (Lipinski definition) is 4. The van der Waals surface area contributed by atoms with E-state index >= 15 is 0 Å². The number of halogens is 1. The maximum Gasteiger partial charge on any atom is 0.242 e. The third-order valence-electron chi connectivity index (χ3n) is 4.65. The molecule has 6 nitrogen and oxygen atoms in total. The van der Waals surface area contributed by atoms with E-state index in [4.69, 9.17) is 21.1 Å². The van der Waals surface area contributed by atoms with Gasteiger partial charge in [-0.2, -0.15) is 0 Å². The normalized spacial score (nSPS) is 11.5. The maximum absolute atomic E-state index is 12.9. The molecule has 0 unspecified atom stereocenters. The van der Waals surface area contributed by atoms with Gasteiger partial charge in [0.25, 0.3) is 0 Å². The number of ether oxygens (including phenoxy) is 2. The Morgan fingerprint density at radius 3 is 2.30 bits per heavy atom. The van der Waals surface area contributed by atoms with Gasteiger partial charge in [0.15, 0.2) is 0 Å². The fraction of sp³-hybridized carbons (Fsp3) is 0.391. The van der Waals surface area contributed by atoms with Crippen molar-refractivity contribution in [1.82, 2.24) is 10.2 Å². The molecule has 0 radical (unpaired) electrons. The first kappa shape index (κ1) is 23.5. The Balaban J connectivity index is 1.94. The van der Waals surface area contributed by atoms with Crippen LogP contribution in [0.25, 0.3) is 0 Å². The molecule has 0 aromatic heterocycles. The van der Waals surface area contributed by atoms with Crippen molar-refractivity contribution in [3.05, 3.63) is 59.1 Å². The number of likely N-dealkylation sites (N-methyl/N-ethyl adjacent to an activating group) is 1. The van der Waals surface area contributed by atoms with E-state index in [1.807, 2.05) is 43.3 Å². The van der Waals surface area contributed by atoms with Crippen LogP contribution in [-0.4, -0.2) is 43.0 Å². The highest BCUT2D eigenvalue weighted by atomic mass is 35.5. The second-order valence-corrected chi connectivity index (χ2v) is 7.28. The minimum atomic E-state index is -0.573. The molecule has 1 atom stereocenters. The molecule has 2 aromatic rings. The van der Waals surface area contributed by atoms with E-state index < -0.39 is 6.04 Å². The molecule has 0 aliphatic heterocycles. The summed E-state index contributed by atoms with van der Waals surface area (Å²) in [6, 6.07) is 14.0. The zero-order valence-electron chi connectivity index (χ0n) is 17.7. The highest BCUT2D eigenvalue weighted by Gasteiger charge is 2.25. The minimum Gasteiger partial charge on any atom is -0.497 e. The van der Waals surface area contributed by atoms with E-state index in [0.717, 1.165) is 17.1 Å².